The van der Waals surface area contributed by atoms with E-state index in [9.17, 15) is 9.59 Å². The first-order valence-corrected chi connectivity index (χ1v) is 7.97. The molecule has 0 saturated heterocycles. The highest BCUT2D eigenvalue weighted by molar-refractivity contribution is 5.84. The topological polar surface area (TPSA) is 71.2 Å². The van der Waals surface area contributed by atoms with Crippen LogP contribution in [0.4, 0.5) is 0 Å². The zero-order valence-corrected chi connectivity index (χ0v) is 13.9. The molecule has 1 atom stereocenters. The number of aromatic nitrogens is 1. The number of H-pyrrole nitrogens is 1. The Kier molecular flexibility index (Phi) is 5.79. The van der Waals surface area contributed by atoms with E-state index in [0.717, 1.165) is 16.5 Å². The maximum absolute atomic E-state index is 11.8. The minimum absolute atomic E-state index is 0.0624. The number of aryl methyl sites for hydroxylation is 1. The fourth-order valence-electron chi connectivity index (χ4n) is 2.26. The molecule has 2 N–H and O–H groups in total. The molecule has 0 spiro atoms. The Balaban J connectivity index is 1.76. The number of ether oxygens (including phenoxy) is 1. The molecule has 5 nitrogen and oxygen atoms in total. The van der Waals surface area contributed by atoms with Crippen molar-refractivity contribution in [2.75, 3.05) is 6.61 Å². The Bertz CT molecular complexity index is 676. The molecule has 0 aliphatic carbocycles. The molecule has 1 aromatic carbocycles. The van der Waals surface area contributed by atoms with Crippen LogP contribution in [0.1, 0.15) is 32.8 Å². The first kappa shape index (κ1) is 17.1. The van der Waals surface area contributed by atoms with Gasteiger partial charge in [0.05, 0.1) is 0 Å². The third-order valence-corrected chi connectivity index (χ3v) is 4.03. The van der Waals surface area contributed by atoms with Gasteiger partial charge in [-0.05, 0) is 30.9 Å². The number of hydrogen-bond donors (Lipinski definition) is 2. The summed E-state index contributed by atoms with van der Waals surface area (Å²) in [5.74, 6) is -0.272. The number of hydrogen-bond acceptors (Lipinski definition) is 3. The van der Waals surface area contributed by atoms with Crippen LogP contribution >= 0.6 is 0 Å². The molecule has 1 aromatic heterocycles. The van der Waals surface area contributed by atoms with Gasteiger partial charge in [-0.15, -0.1) is 0 Å². The molecule has 0 aliphatic heterocycles. The van der Waals surface area contributed by atoms with Crippen LogP contribution < -0.4 is 5.32 Å². The number of para-hydroxylation sites is 1. The van der Waals surface area contributed by atoms with Gasteiger partial charge in [0.2, 0.25) is 0 Å². The van der Waals surface area contributed by atoms with Gasteiger partial charge in [-0.1, -0.05) is 32.0 Å². The number of esters is 1. The van der Waals surface area contributed by atoms with Gasteiger partial charge < -0.3 is 15.0 Å². The molecular weight excluding hydrogens is 292 g/mol. The predicted octanol–water partition coefficient (Wildman–Crippen LogP) is 2.80. The van der Waals surface area contributed by atoms with E-state index >= 15 is 0 Å². The van der Waals surface area contributed by atoms with Crippen LogP contribution in [0.25, 0.3) is 10.9 Å². The molecule has 0 radical (unpaired) electrons. The van der Waals surface area contributed by atoms with Crippen molar-refractivity contribution in [1.29, 1.82) is 0 Å². The van der Waals surface area contributed by atoms with Gasteiger partial charge in [0, 0.05) is 29.6 Å². The summed E-state index contributed by atoms with van der Waals surface area (Å²) in [5, 5.41) is 3.92. The van der Waals surface area contributed by atoms with Crippen LogP contribution in [0, 0.1) is 5.92 Å². The van der Waals surface area contributed by atoms with E-state index in [-0.39, 0.29) is 30.9 Å². The highest BCUT2D eigenvalue weighted by Crippen LogP contribution is 2.19. The number of benzene rings is 1. The normalized spacial score (nSPS) is 12.3. The van der Waals surface area contributed by atoms with Crippen molar-refractivity contribution in [3.63, 3.8) is 0 Å². The van der Waals surface area contributed by atoms with E-state index in [2.05, 4.69) is 10.3 Å². The van der Waals surface area contributed by atoms with Crippen LogP contribution in [-0.4, -0.2) is 29.5 Å². The summed E-state index contributed by atoms with van der Waals surface area (Å²) in [6.45, 7) is 5.77. The van der Waals surface area contributed by atoms with E-state index in [1.54, 1.807) is 0 Å². The summed E-state index contributed by atoms with van der Waals surface area (Å²) in [6.07, 6.45) is 2.76. The standard InChI is InChI=1S/C18H24N2O3/c1-12(2)13(3)20-17(21)11-23-18(22)9-8-14-10-19-16-7-5-4-6-15(14)16/h4-7,10,12-13,19H,8-9,11H2,1-3H3,(H,20,21)/t13-/m1/s1. The Labute approximate surface area is 136 Å². The number of carbonyl (C=O) groups is 2. The van der Waals surface area contributed by atoms with E-state index in [0.29, 0.717) is 12.3 Å². The van der Waals surface area contributed by atoms with Gasteiger partial charge in [-0.3, -0.25) is 9.59 Å². The second-order valence-corrected chi connectivity index (χ2v) is 6.12. The molecule has 0 fully saturated rings. The second-order valence-electron chi connectivity index (χ2n) is 6.12. The summed E-state index contributed by atoms with van der Waals surface area (Å²) < 4.78 is 5.03. The highest BCUT2D eigenvalue weighted by Gasteiger charge is 2.13. The lowest BCUT2D eigenvalue weighted by Gasteiger charge is -2.17. The molecule has 0 bridgehead atoms. The van der Waals surface area contributed by atoms with Gasteiger partial charge in [0.15, 0.2) is 6.61 Å². The second kappa shape index (κ2) is 7.81. The fourth-order valence-corrected chi connectivity index (χ4v) is 2.26. The van der Waals surface area contributed by atoms with Crippen molar-refractivity contribution in [2.24, 2.45) is 5.92 Å². The summed E-state index contributed by atoms with van der Waals surface area (Å²) in [5.41, 5.74) is 2.13. The monoisotopic (exact) mass is 316 g/mol. The number of fused-ring (bicyclic) bond motifs is 1. The Morgan fingerprint density at radius 1 is 1.22 bits per heavy atom. The van der Waals surface area contributed by atoms with Crippen LogP contribution in [0.2, 0.25) is 0 Å². The molecule has 23 heavy (non-hydrogen) atoms. The smallest absolute Gasteiger partial charge is 0.306 e. The zero-order chi connectivity index (χ0) is 16.8. The zero-order valence-electron chi connectivity index (χ0n) is 13.9. The van der Waals surface area contributed by atoms with Crippen LogP contribution in [0.3, 0.4) is 0 Å². The van der Waals surface area contributed by atoms with Crippen LogP contribution in [0.5, 0.6) is 0 Å². The quantitative estimate of drug-likeness (QED) is 0.772. The Hall–Kier alpha value is -2.30. The van der Waals surface area contributed by atoms with Gasteiger partial charge in [-0.25, -0.2) is 0 Å². The van der Waals surface area contributed by atoms with Gasteiger partial charge in [-0.2, -0.15) is 0 Å². The number of amides is 1. The largest absolute Gasteiger partial charge is 0.456 e. The van der Waals surface area contributed by atoms with Gasteiger partial charge in [0.25, 0.3) is 5.91 Å². The maximum Gasteiger partial charge on any atom is 0.306 e. The van der Waals surface area contributed by atoms with Crippen molar-refractivity contribution in [3.05, 3.63) is 36.0 Å². The molecule has 1 amide bonds. The lowest BCUT2D eigenvalue weighted by Crippen LogP contribution is -2.38. The number of carbonyl (C=O) groups excluding carboxylic acids is 2. The van der Waals surface area contributed by atoms with Crippen molar-refractivity contribution in [2.45, 2.75) is 39.7 Å². The van der Waals surface area contributed by atoms with Crippen molar-refractivity contribution in [3.8, 4) is 0 Å². The van der Waals surface area contributed by atoms with Crippen molar-refractivity contribution in [1.82, 2.24) is 10.3 Å². The molecule has 2 rings (SSSR count). The van der Waals surface area contributed by atoms with Crippen LogP contribution in [0.15, 0.2) is 30.5 Å². The summed E-state index contributed by atoms with van der Waals surface area (Å²) in [6, 6.07) is 8.02. The molecule has 124 valence electrons. The molecule has 2 aromatic rings. The minimum Gasteiger partial charge on any atom is -0.456 e. The molecule has 5 heteroatoms. The number of aromatic amines is 1. The van der Waals surface area contributed by atoms with E-state index in [1.165, 1.54) is 0 Å². The predicted molar refractivity (Wildman–Crippen MR) is 90.0 cm³/mol. The van der Waals surface area contributed by atoms with E-state index in [4.69, 9.17) is 4.74 Å². The third kappa shape index (κ3) is 4.84. The van der Waals surface area contributed by atoms with Crippen molar-refractivity contribution >= 4 is 22.8 Å². The SMILES string of the molecule is CC(C)[C@@H](C)NC(=O)COC(=O)CCc1c[nH]c2ccccc12. The lowest BCUT2D eigenvalue weighted by atomic mass is 10.1. The summed E-state index contributed by atoms with van der Waals surface area (Å²) >= 11 is 0. The fraction of sp³-hybridized carbons (Fsp3) is 0.444. The van der Waals surface area contributed by atoms with Crippen molar-refractivity contribution < 1.29 is 14.3 Å². The number of nitrogens with one attached hydrogen (secondary N) is 2. The molecule has 0 saturated carbocycles. The first-order valence-electron chi connectivity index (χ1n) is 7.97. The average molecular weight is 316 g/mol. The highest BCUT2D eigenvalue weighted by atomic mass is 16.5. The molecule has 1 heterocycles. The molecular formula is C18H24N2O3. The first-order chi connectivity index (χ1) is 11.0. The molecule has 0 aliphatic rings. The summed E-state index contributed by atoms with van der Waals surface area (Å²) in [7, 11) is 0. The Morgan fingerprint density at radius 2 is 1.96 bits per heavy atom. The Morgan fingerprint density at radius 3 is 2.70 bits per heavy atom. The van der Waals surface area contributed by atoms with E-state index in [1.807, 2.05) is 51.2 Å². The molecule has 0 unspecified atom stereocenters. The maximum atomic E-state index is 11.8. The summed E-state index contributed by atoms with van der Waals surface area (Å²) in [4.78, 5) is 26.6. The van der Waals surface area contributed by atoms with Gasteiger partial charge >= 0.3 is 5.97 Å². The van der Waals surface area contributed by atoms with Crippen LogP contribution in [-0.2, 0) is 20.7 Å². The lowest BCUT2D eigenvalue weighted by molar-refractivity contribution is -0.148. The third-order valence-electron chi connectivity index (χ3n) is 4.03. The minimum atomic E-state index is -0.359. The van der Waals surface area contributed by atoms with Gasteiger partial charge in [0.1, 0.15) is 0 Å². The number of rotatable bonds is 7. The van der Waals surface area contributed by atoms with E-state index < -0.39 is 0 Å². The average Bonchev–Trinajstić information content (AvgIpc) is 2.94.